The Balaban J connectivity index is 1.83. The summed E-state index contributed by atoms with van der Waals surface area (Å²) in [4.78, 5) is 15.2. The van der Waals surface area contributed by atoms with Crippen molar-refractivity contribution in [2.24, 2.45) is 0 Å². The molecular weight excluding hydrogens is 477 g/mol. The van der Waals surface area contributed by atoms with E-state index in [1.165, 1.54) is 0 Å². The molecule has 1 aromatic carbocycles. The van der Waals surface area contributed by atoms with Crippen LogP contribution in [0.1, 0.15) is 29.6 Å². The number of benzene rings is 1. The summed E-state index contributed by atoms with van der Waals surface area (Å²) in [5, 5.41) is 0. The number of halogens is 2. The van der Waals surface area contributed by atoms with Crippen molar-refractivity contribution < 1.29 is 9.53 Å². The Bertz CT molecular complexity index is 545. The molecule has 0 radical (unpaired) electrons. The monoisotopic (exact) mass is 495 g/mol. The van der Waals surface area contributed by atoms with E-state index >= 15 is 0 Å². The molecular formula is C16H19BrINO2S. The number of hydrogen-bond acceptors (Lipinski definition) is 3. The largest absolute Gasteiger partial charge is 0.376 e. The van der Waals surface area contributed by atoms with Crippen molar-refractivity contribution in [3.63, 3.8) is 0 Å². The van der Waals surface area contributed by atoms with Crippen molar-refractivity contribution in [3.05, 3.63) is 31.8 Å². The molecule has 2 unspecified atom stereocenters. The molecule has 2 atom stereocenters. The van der Waals surface area contributed by atoms with E-state index in [0.29, 0.717) is 6.04 Å². The molecule has 2 fully saturated rings. The summed E-state index contributed by atoms with van der Waals surface area (Å²) in [6.07, 6.45) is 3.48. The molecule has 2 aliphatic rings. The van der Waals surface area contributed by atoms with Gasteiger partial charge in [0.15, 0.2) is 0 Å². The van der Waals surface area contributed by atoms with E-state index in [9.17, 15) is 4.79 Å². The van der Waals surface area contributed by atoms with E-state index in [2.05, 4.69) is 43.4 Å². The Hall–Kier alpha value is 0.210. The van der Waals surface area contributed by atoms with Gasteiger partial charge in [0.05, 0.1) is 11.7 Å². The first kappa shape index (κ1) is 17.0. The van der Waals surface area contributed by atoms with Crippen LogP contribution in [0.25, 0.3) is 0 Å². The molecule has 0 saturated carbocycles. The van der Waals surface area contributed by atoms with E-state index in [-0.39, 0.29) is 12.0 Å². The van der Waals surface area contributed by atoms with Crippen LogP contribution in [-0.4, -0.2) is 47.6 Å². The molecule has 2 aliphatic heterocycles. The standard InChI is InChI=1S/C16H19BrINO2S/c17-11-3-4-15(18)14(8-11)16(20)19(12-5-7-22-10-12)9-13-2-1-6-21-13/h3-4,8,12-13H,1-2,5-7,9-10H2. The van der Waals surface area contributed by atoms with Gasteiger partial charge in [0.25, 0.3) is 5.91 Å². The van der Waals surface area contributed by atoms with Gasteiger partial charge in [-0.3, -0.25) is 4.79 Å². The molecule has 2 heterocycles. The summed E-state index contributed by atoms with van der Waals surface area (Å²) in [7, 11) is 0. The number of rotatable bonds is 4. The lowest BCUT2D eigenvalue weighted by atomic mass is 10.1. The fourth-order valence-electron chi connectivity index (χ4n) is 2.99. The van der Waals surface area contributed by atoms with Crippen LogP contribution in [0.5, 0.6) is 0 Å². The maximum Gasteiger partial charge on any atom is 0.255 e. The topological polar surface area (TPSA) is 29.5 Å². The molecule has 0 N–H and O–H groups in total. The lowest BCUT2D eigenvalue weighted by Crippen LogP contribution is -2.45. The summed E-state index contributed by atoms with van der Waals surface area (Å²) in [5.74, 6) is 2.34. The van der Waals surface area contributed by atoms with Crippen LogP contribution in [0.3, 0.4) is 0 Å². The van der Waals surface area contributed by atoms with Gasteiger partial charge in [0.1, 0.15) is 0 Å². The fraction of sp³-hybridized carbons (Fsp3) is 0.562. The minimum atomic E-state index is 0.147. The highest BCUT2D eigenvalue weighted by Crippen LogP contribution is 2.28. The summed E-state index contributed by atoms with van der Waals surface area (Å²) >= 11 is 7.67. The summed E-state index contributed by atoms with van der Waals surface area (Å²) in [5.41, 5.74) is 0.796. The summed E-state index contributed by atoms with van der Waals surface area (Å²) in [6, 6.07) is 6.26. The van der Waals surface area contributed by atoms with Crippen LogP contribution < -0.4 is 0 Å². The number of nitrogens with zero attached hydrogens (tertiary/aromatic N) is 1. The number of hydrogen-bond donors (Lipinski definition) is 0. The zero-order valence-electron chi connectivity index (χ0n) is 12.3. The van der Waals surface area contributed by atoms with Gasteiger partial charge in [-0.05, 0) is 65.8 Å². The number of thioether (sulfide) groups is 1. The Kier molecular flexibility index (Phi) is 6.09. The first-order valence-corrected chi connectivity index (χ1v) is 10.6. The number of ether oxygens (including phenoxy) is 1. The normalized spacial score (nSPS) is 24.6. The molecule has 1 aromatic rings. The predicted octanol–water partition coefficient (Wildman–Crippen LogP) is 4.18. The molecule has 0 bridgehead atoms. The lowest BCUT2D eigenvalue weighted by molar-refractivity contribution is 0.0441. The quantitative estimate of drug-likeness (QED) is 0.587. The minimum absolute atomic E-state index is 0.147. The minimum Gasteiger partial charge on any atom is -0.376 e. The van der Waals surface area contributed by atoms with E-state index in [0.717, 1.165) is 57.5 Å². The Morgan fingerprint density at radius 2 is 2.32 bits per heavy atom. The van der Waals surface area contributed by atoms with Crippen molar-refractivity contribution in [1.82, 2.24) is 4.90 Å². The smallest absolute Gasteiger partial charge is 0.255 e. The van der Waals surface area contributed by atoms with Crippen molar-refractivity contribution in [1.29, 1.82) is 0 Å². The second-order valence-electron chi connectivity index (χ2n) is 5.73. The van der Waals surface area contributed by atoms with Crippen LogP contribution in [0, 0.1) is 3.57 Å². The number of carbonyl (C=O) groups excluding carboxylic acids is 1. The van der Waals surface area contributed by atoms with Gasteiger partial charge in [0.2, 0.25) is 0 Å². The molecule has 120 valence electrons. The molecule has 6 heteroatoms. The van der Waals surface area contributed by atoms with Gasteiger partial charge in [-0.15, -0.1) is 0 Å². The zero-order chi connectivity index (χ0) is 15.5. The molecule has 22 heavy (non-hydrogen) atoms. The van der Waals surface area contributed by atoms with E-state index < -0.39 is 0 Å². The molecule has 0 spiro atoms. The van der Waals surface area contributed by atoms with Crippen LogP contribution >= 0.6 is 50.3 Å². The first-order valence-electron chi connectivity index (χ1n) is 7.60. The molecule has 1 amide bonds. The summed E-state index contributed by atoms with van der Waals surface area (Å²) in [6.45, 7) is 1.56. The molecule has 3 rings (SSSR count). The van der Waals surface area contributed by atoms with Crippen LogP contribution in [0.4, 0.5) is 0 Å². The van der Waals surface area contributed by atoms with E-state index in [1.807, 2.05) is 30.0 Å². The summed E-state index contributed by atoms with van der Waals surface area (Å²) < 4.78 is 7.73. The second-order valence-corrected chi connectivity index (χ2v) is 8.96. The lowest BCUT2D eigenvalue weighted by Gasteiger charge is -2.31. The maximum absolute atomic E-state index is 13.1. The van der Waals surface area contributed by atoms with Crippen molar-refractivity contribution in [3.8, 4) is 0 Å². The van der Waals surface area contributed by atoms with Gasteiger partial charge in [-0.2, -0.15) is 11.8 Å². The van der Waals surface area contributed by atoms with Gasteiger partial charge >= 0.3 is 0 Å². The van der Waals surface area contributed by atoms with Gasteiger partial charge < -0.3 is 9.64 Å². The highest BCUT2D eigenvalue weighted by atomic mass is 127. The Morgan fingerprint density at radius 3 is 3.00 bits per heavy atom. The van der Waals surface area contributed by atoms with Crippen LogP contribution in [-0.2, 0) is 4.74 Å². The Labute approximate surface area is 157 Å². The van der Waals surface area contributed by atoms with Crippen LogP contribution in [0.2, 0.25) is 0 Å². The first-order chi connectivity index (χ1) is 10.6. The highest BCUT2D eigenvalue weighted by molar-refractivity contribution is 14.1. The zero-order valence-corrected chi connectivity index (χ0v) is 16.8. The van der Waals surface area contributed by atoms with Crippen LogP contribution in [0.15, 0.2) is 22.7 Å². The average molecular weight is 496 g/mol. The average Bonchev–Trinajstić information content (AvgIpc) is 3.19. The SMILES string of the molecule is O=C(c1cc(Br)ccc1I)N(CC1CCCO1)C1CCSC1. The van der Waals surface area contributed by atoms with Gasteiger partial charge in [-0.1, -0.05) is 15.9 Å². The highest BCUT2D eigenvalue weighted by Gasteiger charge is 2.31. The molecule has 0 aromatic heterocycles. The van der Waals surface area contributed by atoms with Crippen molar-refractivity contribution in [2.45, 2.75) is 31.4 Å². The van der Waals surface area contributed by atoms with Crippen molar-refractivity contribution >= 4 is 56.2 Å². The van der Waals surface area contributed by atoms with E-state index in [1.54, 1.807) is 0 Å². The number of carbonyl (C=O) groups is 1. The maximum atomic E-state index is 13.1. The van der Waals surface area contributed by atoms with Gasteiger partial charge in [-0.25, -0.2) is 0 Å². The number of amides is 1. The van der Waals surface area contributed by atoms with Gasteiger partial charge in [0, 0.05) is 33.0 Å². The third-order valence-electron chi connectivity index (χ3n) is 4.19. The second kappa shape index (κ2) is 7.85. The molecule has 3 nitrogen and oxygen atoms in total. The molecule has 0 aliphatic carbocycles. The predicted molar refractivity (Wildman–Crippen MR) is 103 cm³/mol. The van der Waals surface area contributed by atoms with Crippen molar-refractivity contribution in [2.75, 3.05) is 24.7 Å². The third-order valence-corrected chi connectivity index (χ3v) is 6.77. The fourth-order valence-corrected chi connectivity index (χ4v) is 5.14. The third kappa shape index (κ3) is 3.99. The van der Waals surface area contributed by atoms with E-state index in [4.69, 9.17) is 4.74 Å². The molecule has 2 saturated heterocycles. The Morgan fingerprint density at radius 1 is 1.45 bits per heavy atom.